The second-order valence-electron chi connectivity index (χ2n) is 8.72. The normalized spacial score (nSPS) is 19.8. The maximum absolute atomic E-state index is 13.6. The Bertz CT molecular complexity index is 1170. The Morgan fingerprint density at radius 3 is 2.60 bits per heavy atom. The molecule has 2 N–H and O–H groups in total. The quantitative estimate of drug-likeness (QED) is 0.393. The number of methoxy groups -OCH3 is 1. The van der Waals surface area contributed by atoms with Gasteiger partial charge in [0.05, 0.1) is 12.7 Å². The third-order valence-electron chi connectivity index (χ3n) is 6.50. The summed E-state index contributed by atoms with van der Waals surface area (Å²) in [5.41, 5.74) is 4.28. The first-order chi connectivity index (χ1) is 16.9. The lowest BCUT2D eigenvalue weighted by molar-refractivity contribution is -0.138. The van der Waals surface area contributed by atoms with Gasteiger partial charge in [0.2, 0.25) is 0 Å². The Labute approximate surface area is 210 Å². The number of allylic oxidation sites excluding steroid dienone is 3. The van der Waals surface area contributed by atoms with E-state index in [1.165, 1.54) is 0 Å². The average Bonchev–Trinajstić information content (AvgIpc) is 2.85. The van der Waals surface area contributed by atoms with Gasteiger partial charge in [-0.25, -0.2) is 4.79 Å². The van der Waals surface area contributed by atoms with Crippen molar-refractivity contribution in [3.63, 3.8) is 0 Å². The summed E-state index contributed by atoms with van der Waals surface area (Å²) in [6.45, 7) is 4.21. The number of nitrogens with one attached hydrogen (secondary N) is 1. The van der Waals surface area contributed by atoms with Crippen LogP contribution in [0.5, 0.6) is 11.5 Å². The molecule has 0 radical (unpaired) electrons. The number of ether oxygens (including phenoxy) is 2. The topological polar surface area (TPSA) is 84.9 Å². The summed E-state index contributed by atoms with van der Waals surface area (Å²) in [5.74, 6) is 1.53. The van der Waals surface area contributed by atoms with Gasteiger partial charge in [-0.15, -0.1) is 0 Å². The van der Waals surface area contributed by atoms with Crippen LogP contribution in [-0.4, -0.2) is 42.1 Å². The van der Waals surface area contributed by atoms with Crippen molar-refractivity contribution in [1.82, 2.24) is 5.32 Å². The predicted molar refractivity (Wildman–Crippen MR) is 138 cm³/mol. The number of esters is 1. The lowest BCUT2D eigenvalue weighted by Crippen LogP contribution is -2.36. The largest absolute Gasteiger partial charge is 0.508 e. The zero-order valence-corrected chi connectivity index (χ0v) is 21.1. The number of carbonyl (C=O) groups excluding carboxylic acids is 2. The highest BCUT2D eigenvalue weighted by Crippen LogP contribution is 2.46. The van der Waals surface area contributed by atoms with Crippen molar-refractivity contribution in [2.24, 2.45) is 0 Å². The third kappa shape index (κ3) is 5.40. The number of hydrogen-bond donors (Lipinski definition) is 2. The first kappa shape index (κ1) is 24.9. The van der Waals surface area contributed by atoms with Crippen LogP contribution in [0.4, 0.5) is 0 Å². The highest BCUT2D eigenvalue weighted by molar-refractivity contribution is 7.99. The Morgan fingerprint density at radius 1 is 1.14 bits per heavy atom. The molecule has 1 aliphatic heterocycles. The van der Waals surface area contributed by atoms with Gasteiger partial charge in [-0.1, -0.05) is 31.2 Å². The molecule has 0 fully saturated rings. The number of thioether (sulfide) groups is 1. The summed E-state index contributed by atoms with van der Waals surface area (Å²) in [7, 11) is 1.63. The van der Waals surface area contributed by atoms with E-state index in [0.717, 1.165) is 28.5 Å². The molecule has 1 aliphatic carbocycles. The fourth-order valence-electron chi connectivity index (χ4n) is 4.87. The first-order valence-corrected chi connectivity index (χ1v) is 13.0. The van der Waals surface area contributed by atoms with E-state index in [-0.39, 0.29) is 17.5 Å². The van der Waals surface area contributed by atoms with Gasteiger partial charge in [0, 0.05) is 35.1 Å². The predicted octanol–water partition coefficient (Wildman–Crippen LogP) is 5.06. The number of carbonyl (C=O) groups is 2. The molecule has 0 spiro atoms. The summed E-state index contributed by atoms with van der Waals surface area (Å²) >= 11 is 1.70. The van der Waals surface area contributed by atoms with E-state index < -0.39 is 11.9 Å². The Morgan fingerprint density at radius 2 is 1.91 bits per heavy atom. The van der Waals surface area contributed by atoms with Crippen LogP contribution in [0.15, 0.2) is 71.1 Å². The van der Waals surface area contributed by atoms with Gasteiger partial charge in [0.15, 0.2) is 5.78 Å². The molecule has 2 atom stereocenters. The minimum atomic E-state index is -0.589. The molecule has 0 saturated carbocycles. The second-order valence-corrected chi connectivity index (χ2v) is 10.1. The summed E-state index contributed by atoms with van der Waals surface area (Å²) < 4.78 is 10.9. The summed E-state index contributed by atoms with van der Waals surface area (Å²) in [4.78, 5) is 26.8. The number of ketones is 1. The standard InChI is InChI=1S/C28H31NO5S/c1-4-35-13-12-34-28(32)25-17(2)29-23-15-20(18-8-10-22(33-3)11-9-18)16-24(31)27(23)26(25)19-6-5-7-21(30)14-19/h5-11,14,20,26,29-30H,4,12-13,15-16H2,1-3H3/t20-,26-/m1/s1. The smallest absolute Gasteiger partial charge is 0.336 e. The number of Topliss-reactive ketones (excluding diaryl/α,β-unsaturated/α-hetero) is 1. The molecule has 0 aromatic heterocycles. The molecule has 6 nitrogen and oxygen atoms in total. The van der Waals surface area contributed by atoms with Crippen molar-refractivity contribution in [2.75, 3.05) is 25.2 Å². The van der Waals surface area contributed by atoms with E-state index in [2.05, 4.69) is 12.2 Å². The van der Waals surface area contributed by atoms with E-state index in [9.17, 15) is 14.7 Å². The number of aromatic hydroxyl groups is 1. The molecule has 184 valence electrons. The number of phenols is 1. The monoisotopic (exact) mass is 493 g/mol. The number of rotatable bonds is 8. The molecular formula is C28H31NO5S. The van der Waals surface area contributed by atoms with Gasteiger partial charge < -0.3 is 19.9 Å². The van der Waals surface area contributed by atoms with Crippen molar-refractivity contribution < 1.29 is 24.2 Å². The summed E-state index contributed by atoms with van der Waals surface area (Å²) in [6.07, 6.45) is 0.992. The lowest BCUT2D eigenvalue weighted by Gasteiger charge is -2.36. The van der Waals surface area contributed by atoms with Crippen molar-refractivity contribution >= 4 is 23.5 Å². The fraction of sp³-hybridized carbons (Fsp3) is 0.357. The summed E-state index contributed by atoms with van der Waals surface area (Å²) in [5, 5.41) is 13.5. The van der Waals surface area contributed by atoms with Gasteiger partial charge >= 0.3 is 5.97 Å². The van der Waals surface area contributed by atoms with E-state index in [1.807, 2.05) is 37.3 Å². The molecule has 0 bridgehead atoms. The minimum Gasteiger partial charge on any atom is -0.508 e. The number of benzene rings is 2. The third-order valence-corrected chi connectivity index (χ3v) is 7.37. The van der Waals surface area contributed by atoms with Crippen molar-refractivity contribution in [3.05, 3.63) is 82.2 Å². The number of hydrogen-bond acceptors (Lipinski definition) is 7. The van der Waals surface area contributed by atoms with Crippen LogP contribution in [0.25, 0.3) is 0 Å². The zero-order chi connectivity index (χ0) is 24.9. The molecule has 2 aromatic rings. The number of dihydropyridines is 1. The van der Waals surface area contributed by atoms with Gasteiger partial charge in [-0.3, -0.25) is 4.79 Å². The molecule has 7 heteroatoms. The molecule has 0 unspecified atom stereocenters. The Balaban J connectivity index is 1.69. The Hall–Kier alpha value is -3.19. The van der Waals surface area contributed by atoms with E-state index in [1.54, 1.807) is 37.1 Å². The Kier molecular flexibility index (Phi) is 7.86. The zero-order valence-electron chi connectivity index (χ0n) is 20.3. The van der Waals surface area contributed by atoms with E-state index in [4.69, 9.17) is 9.47 Å². The highest BCUT2D eigenvalue weighted by Gasteiger charge is 2.41. The highest BCUT2D eigenvalue weighted by atomic mass is 32.2. The minimum absolute atomic E-state index is 0.00718. The van der Waals surface area contributed by atoms with Crippen molar-refractivity contribution in [3.8, 4) is 11.5 Å². The molecule has 2 aliphatic rings. The molecule has 4 rings (SSSR count). The maximum atomic E-state index is 13.6. The van der Waals surface area contributed by atoms with Crippen LogP contribution < -0.4 is 10.1 Å². The van der Waals surface area contributed by atoms with Crippen molar-refractivity contribution in [1.29, 1.82) is 0 Å². The molecule has 0 amide bonds. The molecule has 2 aromatic carbocycles. The van der Waals surface area contributed by atoms with Crippen LogP contribution in [0, 0.1) is 0 Å². The van der Waals surface area contributed by atoms with Gasteiger partial charge in [-0.2, -0.15) is 11.8 Å². The van der Waals surface area contributed by atoms with E-state index in [0.29, 0.717) is 41.9 Å². The average molecular weight is 494 g/mol. The van der Waals surface area contributed by atoms with Crippen LogP contribution >= 0.6 is 11.8 Å². The SMILES string of the molecule is CCSCCOC(=O)C1=C(C)NC2=C(C(=O)C[C@H](c3ccc(OC)cc3)C2)[C@@H]1c1cccc(O)c1. The fourth-order valence-corrected chi connectivity index (χ4v) is 5.36. The van der Waals surface area contributed by atoms with Crippen LogP contribution in [0.1, 0.15) is 49.7 Å². The van der Waals surface area contributed by atoms with Gasteiger partial charge in [0.1, 0.15) is 18.1 Å². The number of phenolic OH excluding ortho intramolecular Hbond substituents is 1. The molecular weight excluding hydrogens is 462 g/mol. The second kappa shape index (κ2) is 11.0. The van der Waals surface area contributed by atoms with Crippen LogP contribution in [0.3, 0.4) is 0 Å². The first-order valence-electron chi connectivity index (χ1n) is 11.8. The van der Waals surface area contributed by atoms with Crippen LogP contribution in [0.2, 0.25) is 0 Å². The van der Waals surface area contributed by atoms with Crippen LogP contribution in [-0.2, 0) is 14.3 Å². The molecule has 0 saturated heterocycles. The molecule has 35 heavy (non-hydrogen) atoms. The van der Waals surface area contributed by atoms with E-state index >= 15 is 0 Å². The molecule has 1 heterocycles. The summed E-state index contributed by atoms with van der Waals surface area (Å²) in [6, 6.07) is 14.6. The lowest BCUT2D eigenvalue weighted by atomic mass is 9.71. The maximum Gasteiger partial charge on any atom is 0.336 e. The van der Waals surface area contributed by atoms with Crippen molar-refractivity contribution in [2.45, 2.75) is 38.5 Å². The van der Waals surface area contributed by atoms with Gasteiger partial charge in [-0.05, 0) is 60.4 Å². The van der Waals surface area contributed by atoms with Gasteiger partial charge in [0.25, 0.3) is 0 Å².